The first kappa shape index (κ1) is 19.1. The van der Waals surface area contributed by atoms with Gasteiger partial charge in [-0.3, -0.25) is 4.79 Å². The Bertz CT molecular complexity index is 737. The molecule has 2 unspecified atom stereocenters. The maximum atomic E-state index is 12.8. The van der Waals surface area contributed by atoms with E-state index in [1.54, 1.807) is 28.3 Å². The lowest BCUT2D eigenvalue weighted by Gasteiger charge is -2.41. The molecular weight excluding hydrogens is 358 g/mol. The van der Waals surface area contributed by atoms with Crippen molar-refractivity contribution in [3.63, 3.8) is 0 Å². The number of hydrogen-bond acceptors (Lipinski definition) is 6. The lowest BCUT2D eigenvalue weighted by Crippen LogP contribution is -2.54. The molecule has 2 atom stereocenters. The number of nitrogens with zero attached hydrogens (tertiary/aromatic N) is 3. The van der Waals surface area contributed by atoms with Gasteiger partial charge in [0.05, 0.1) is 31.6 Å². The monoisotopic (exact) mass is 383 g/mol. The fourth-order valence-electron chi connectivity index (χ4n) is 3.62. The van der Waals surface area contributed by atoms with Gasteiger partial charge in [0.25, 0.3) is 5.91 Å². The summed E-state index contributed by atoms with van der Waals surface area (Å²) in [7, 11) is -1.76. The minimum atomic E-state index is -3.29. The number of rotatable bonds is 4. The Labute approximate surface area is 154 Å². The van der Waals surface area contributed by atoms with E-state index >= 15 is 0 Å². The van der Waals surface area contributed by atoms with Gasteiger partial charge < -0.3 is 14.4 Å². The quantitative estimate of drug-likeness (QED) is 0.757. The van der Waals surface area contributed by atoms with E-state index in [1.165, 1.54) is 13.3 Å². The van der Waals surface area contributed by atoms with Gasteiger partial charge in [0, 0.05) is 43.9 Å². The maximum Gasteiger partial charge on any atom is 0.255 e. The molecule has 26 heavy (non-hydrogen) atoms. The molecule has 0 bridgehead atoms. The number of carbonyl (C=O) groups excluding carboxylic acids is 1. The van der Waals surface area contributed by atoms with Gasteiger partial charge in [0.2, 0.25) is 15.9 Å². The van der Waals surface area contributed by atoms with Crippen molar-refractivity contribution in [1.82, 2.24) is 14.2 Å². The number of fused-ring (bicyclic) bond motifs is 1. The van der Waals surface area contributed by atoms with Gasteiger partial charge in [0.15, 0.2) is 0 Å². The molecule has 0 radical (unpaired) electrons. The molecule has 0 N–H and O–H groups in total. The predicted molar refractivity (Wildman–Crippen MR) is 95.6 cm³/mol. The summed E-state index contributed by atoms with van der Waals surface area (Å²) in [5.74, 6) is 0.407. The third-order valence-electron chi connectivity index (χ3n) is 5.05. The highest BCUT2D eigenvalue weighted by atomic mass is 32.2. The second kappa shape index (κ2) is 7.89. The van der Waals surface area contributed by atoms with Gasteiger partial charge in [-0.25, -0.2) is 13.4 Å². The molecule has 9 heteroatoms. The Kier molecular flexibility index (Phi) is 5.79. The summed E-state index contributed by atoms with van der Waals surface area (Å²) in [6.07, 6.45) is 2.12. The molecule has 8 nitrogen and oxygen atoms in total. The van der Waals surface area contributed by atoms with Crippen LogP contribution >= 0.6 is 0 Å². The average molecular weight is 383 g/mol. The van der Waals surface area contributed by atoms with Gasteiger partial charge in [-0.2, -0.15) is 4.31 Å². The Balaban J connectivity index is 1.74. The van der Waals surface area contributed by atoms with Crippen LogP contribution in [0.2, 0.25) is 0 Å². The van der Waals surface area contributed by atoms with Crippen LogP contribution in [0.3, 0.4) is 0 Å². The first-order chi connectivity index (χ1) is 12.5. The third-order valence-corrected chi connectivity index (χ3v) is 6.95. The molecule has 3 rings (SSSR count). The topological polar surface area (TPSA) is 89.0 Å². The highest BCUT2D eigenvalue weighted by Gasteiger charge is 2.40. The van der Waals surface area contributed by atoms with Crippen molar-refractivity contribution in [2.24, 2.45) is 5.92 Å². The Morgan fingerprint density at radius 1 is 1.38 bits per heavy atom. The number of ether oxygens (including phenoxy) is 2. The molecular formula is C17H25N3O5S. The molecule has 1 aromatic heterocycles. The van der Waals surface area contributed by atoms with E-state index in [0.29, 0.717) is 50.7 Å². The molecule has 2 saturated heterocycles. The normalized spacial score (nSPS) is 24.6. The molecule has 144 valence electrons. The summed E-state index contributed by atoms with van der Waals surface area (Å²) in [4.78, 5) is 18.6. The van der Waals surface area contributed by atoms with Gasteiger partial charge >= 0.3 is 0 Å². The molecule has 1 amide bonds. The first-order valence-corrected chi connectivity index (χ1v) is 10.4. The SMILES string of the molecule is CCS(=O)(=O)N1CCOCC2CN(C(=O)c3ccc(OC)nc3)CCC21. The van der Waals surface area contributed by atoms with E-state index in [9.17, 15) is 13.2 Å². The summed E-state index contributed by atoms with van der Waals surface area (Å²) in [5.41, 5.74) is 0.497. The molecule has 2 aliphatic rings. The molecule has 0 spiro atoms. The Hall–Kier alpha value is -1.71. The van der Waals surface area contributed by atoms with Crippen molar-refractivity contribution in [1.29, 1.82) is 0 Å². The zero-order chi connectivity index (χ0) is 18.7. The fraction of sp³-hybridized carbons (Fsp3) is 0.647. The van der Waals surface area contributed by atoms with Crippen LogP contribution < -0.4 is 4.74 Å². The number of aromatic nitrogens is 1. The van der Waals surface area contributed by atoms with E-state index in [2.05, 4.69) is 4.98 Å². The number of sulfonamides is 1. The number of piperidine rings is 1. The van der Waals surface area contributed by atoms with Crippen LogP contribution in [0.4, 0.5) is 0 Å². The summed E-state index contributed by atoms with van der Waals surface area (Å²) >= 11 is 0. The lowest BCUT2D eigenvalue weighted by atomic mass is 9.92. The van der Waals surface area contributed by atoms with Crippen molar-refractivity contribution >= 4 is 15.9 Å². The van der Waals surface area contributed by atoms with Gasteiger partial charge in [-0.1, -0.05) is 0 Å². The zero-order valence-electron chi connectivity index (χ0n) is 15.1. The summed E-state index contributed by atoms with van der Waals surface area (Å²) in [6, 6.07) is 3.24. The second-order valence-electron chi connectivity index (χ2n) is 6.54. The number of pyridine rings is 1. The standard InChI is InChI=1S/C17H25N3O5S/c1-3-26(22,23)20-8-9-25-12-14-11-19(7-6-15(14)20)17(21)13-4-5-16(24-2)18-10-13/h4-5,10,14-15H,3,6-9,11-12H2,1-2H3. The number of likely N-dealkylation sites (tertiary alicyclic amines) is 1. The van der Waals surface area contributed by atoms with E-state index in [-0.39, 0.29) is 23.6 Å². The maximum absolute atomic E-state index is 12.8. The predicted octanol–water partition coefficient (Wildman–Crippen LogP) is 0.603. The smallest absolute Gasteiger partial charge is 0.255 e. The van der Waals surface area contributed by atoms with Gasteiger partial charge in [0.1, 0.15) is 0 Å². The van der Waals surface area contributed by atoms with Crippen LogP contribution in [0, 0.1) is 5.92 Å². The van der Waals surface area contributed by atoms with Crippen LogP contribution in [0.1, 0.15) is 23.7 Å². The van der Waals surface area contributed by atoms with Crippen LogP contribution in [-0.4, -0.2) is 80.3 Å². The van der Waals surface area contributed by atoms with E-state index in [0.717, 1.165) is 0 Å². The number of carbonyl (C=O) groups is 1. The van der Waals surface area contributed by atoms with Gasteiger partial charge in [-0.05, 0) is 19.4 Å². The van der Waals surface area contributed by atoms with E-state index < -0.39 is 10.0 Å². The number of hydrogen-bond donors (Lipinski definition) is 0. The van der Waals surface area contributed by atoms with Gasteiger partial charge in [-0.15, -0.1) is 0 Å². The highest BCUT2D eigenvalue weighted by molar-refractivity contribution is 7.89. The van der Waals surface area contributed by atoms with Crippen molar-refractivity contribution in [2.45, 2.75) is 19.4 Å². The average Bonchev–Trinajstić information content (AvgIpc) is 2.89. The van der Waals surface area contributed by atoms with E-state index in [4.69, 9.17) is 9.47 Å². The second-order valence-corrected chi connectivity index (χ2v) is 8.75. The summed E-state index contributed by atoms with van der Waals surface area (Å²) < 4.78 is 37.1. The molecule has 2 aliphatic heterocycles. The van der Waals surface area contributed by atoms with Crippen molar-refractivity contribution in [3.8, 4) is 5.88 Å². The number of amides is 1. The van der Waals surface area contributed by atoms with E-state index in [1.807, 2.05) is 0 Å². The molecule has 0 saturated carbocycles. The lowest BCUT2D eigenvalue weighted by molar-refractivity contribution is 0.0466. The molecule has 2 fully saturated rings. The highest BCUT2D eigenvalue weighted by Crippen LogP contribution is 2.28. The van der Waals surface area contributed by atoms with Crippen LogP contribution in [0.5, 0.6) is 5.88 Å². The Morgan fingerprint density at radius 2 is 2.19 bits per heavy atom. The minimum absolute atomic E-state index is 0.0252. The van der Waals surface area contributed by atoms with Crippen LogP contribution in [-0.2, 0) is 14.8 Å². The van der Waals surface area contributed by atoms with Crippen molar-refractivity contribution in [2.75, 3.05) is 45.7 Å². The largest absolute Gasteiger partial charge is 0.481 e. The Morgan fingerprint density at radius 3 is 2.85 bits per heavy atom. The first-order valence-electron chi connectivity index (χ1n) is 8.83. The van der Waals surface area contributed by atoms with Crippen LogP contribution in [0.15, 0.2) is 18.3 Å². The number of methoxy groups -OCH3 is 1. The minimum Gasteiger partial charge on any atom is -0.481 e. The molecule has 0 aliphatic carbocycles. The molecule has 1 aromatic rings. The van der Waals surface area contributed by atoms with Crippen molar-refractivity contribution < 1.29 is 22.7 Å². The zero-order valence-corrected chi connectivity index (χ0v) is 15.9. The van der Waals surface area contributed by atoms with Crippen molar-refractivity contribution in [3.05, 3.63) is 23.9 Å². The fourth-order valence-corrected chi connectivity index (χ4v) is 5.00. The molecule has 0 aromatic carbocycles. The molecule has 3 heterocycles. The summed E-state index contributed by atoms with van der Waals surface area (Å²) in [5, 5.41) is 0. The van der Waals surface area contributed by atoms with Crippen LogP contribution in [0.25, 0.3) is 0 Å². The third kappa shape index (κ3) is 3.84. The summed E-state index contributed by atoms with van der Waals surface area (Å²) in [6.45, 7) is 3.89.